The van der Waals surface area contributed by atoms with Crippen LogP contribution in [-0.4, -0.2) is 33.9 Å². The predicted molar refractivity (Wildman–Crippen MR) is 106 cm³/mol. The van der Waals surface area contributed by atoms with Crippen LogP contribution < -0.4 is 10.5 Å². The van der Waals surface area contributed by atoms with E-state index in [1.807, 2.05) is 0 Å². The second-order valence-electron chi connectivity index (χ2n) is 6.39. The normalized spacial score (nSPS) is 12.0. The van der Waals surface area contributed by atoms with E-state index >= 15 is 0 Å². The molecule has 3 aromatic rings. The van der Waals surface area contributed by atoms with Crippen molar-refractivity contribution in [3.63, 3.8) is 0 Å². The van der Waals surface area contributed by atoms with Crippen LogP contribution in [0.15, 0.2) is 42.5 Å². The first-order chi connectivity index (χ1) is 13.3. The summed E-state index contributed by atoms with van der Waals surface area (Å²) in [6.45, 7) is 3.38. The van der Waals surface area contributed by atoms with Crippen molar-refractivity contribution >= 4 is 34.4 Å². The third-order valence-corrected chi connectivity index (χ3v) is 5.02. The molecule has 0 saturated heterocycles. The van der Waals surface area contributed by atoms with Crippen LogP contribution in [0.4, 0.5) is 4.79 Å². The number of carbonyl (C=O) groups is 2. The van der Waals surface area contributed by atoms with Gasteiger partial charge in [0, 0.05) is 27.2 Å². The molecular formula is C20H20ClN3O4. The van der Waals surface area contributed by atoms with Crippen molar-refractivity contribution in [3.8, 4) is 5.75 Å². The van der Waals surface area contributed by atoms with Crippen LogP contribution in [0, 0.1) is 6.92 Å². The first kappa shape index (κ1) is 19.7. The Morgan fingerprint density at radius 2 is 1.86 bits per heavy atom. The van der Waals surface area contributed by atoms with Crippen LogP contribution in [-0.2, 0) is 0 Å². The molecule has 1 unspecified atom stereocenters. The predicted octanol–water partition coefficient (Wildman–Crippen LogP) is 4.13. The van der Waals surface area contributed by atoms with E-state index in [9.17, 15) is 14.8 Å². The molecule has 146 valence electrons. The fourth-order valence-electron chi connectivity index (χ4n) is 3.37. The summed E-state index contributed by atoms with van der Waals surface area (Å²) in [5.41, 5.74) is 7.47. The second kappa shape index (κ2) is 7.53. The highest BCUT2D eigenvalue weighted by atomic mass is 35.5. The summed E-state index contributed by atoms with van der Waals surface area (Å²) >= 11 is 5.92. The number of benzene rings is 2. The van der Waals surface area contributed by atoms with Crippen molar-refractivity contribution in [3.05, 3.63) is 64.3 Å². The van der Waals surface area contributed by atoms with E-state index < -0.39 is 12.1 Å². The van der Waals surface area contributed by atoms with Gasteiger partial charge in [0.25, 0.3) is 5.91 Å². The number of aromatic nitrogens is 1. The van der Waals surface area contributed by atoms with Gasteiger partial charge in [0.2, 0.25) is 0 Å². The van der Waals surface area contributed by atoms with Crippen LogP contribution >= 0.6 is 11.6 Å². The largest absolute Gasteiger partial charge is 0.497 e. The number of amides is 2. The Morgan fingerprint density at radius 1 is 1.21 bits per heavy atom. The smallest absolute Gasteiger partial charge is 0.339 e. The van der Waals surface area contributed by atoms with Gasteiger partial charge in [-0.05, 0) is 56.3 Å². The molecule has 0 fully saturated rings. The average molecular weight is 402 g/mol. The standard InChI is InChI=1S/C20H20ClN3O4/c1-11-18(12(2)24(27)20(22)26)16-10-15(28-3)8-9-17(16)23(11)19(25)13-4-6-14(21)7-5-13/h4-10,12,27H,1-3H3,(H2,22,26). The van der Waals surface area contributed by atoms with Gasteiger partial charge in [-0.25, -0.2) is 4.79 Å². The molecule has 28 heavy (non-hydrogen) atoms. The number of ether oxygens (including phenoxy) is 1. The summed E-state index contributed by atoms with van der Waals surface area (Å²) < 4.78 is 6.84. The minimum absolute atomic E-state index is 0.258. The number of nitrogens with two attached hydrogens (primary N) is 1. The van der Waals surface area contributed by atoms with Crippen LogP contribution in [0.2, 0.25) is 5.02 Å². The van der Waals surface area contributed by atoms with Gasteiger partial charge in [0.1, 0.15) is 5.75 Å². The summed E-state index contributed by atoms with van der Waals surface area (Å²) in [4.78, 5) is 24.7. The monoisotopic (exact) mass is 401 g/mol. The molecule has 0 radical (unpaired) electrons. The van der Waals surface area contributed by atoms with E-state index in [0.29, 0.717) is 43.6 Å². The van der Waals surface area contributed by atoms with Crippen LogP contribution in [0.5, 0.6) is 5.75 Å². The number of methoxy groups -OCH3 is 1. The van der Waals surface area contributed by atoms with Gasteiger partial charge in [-0.2, -0.15) is 5.06 Å². The van der Waals surface area contributed by atoms with E-state index in [0.717, 1.165) is 0 Å². The zero-order chi connectivity index (χ0) is 20.6. The topological polar surface area (TPSA) is 97.8 Å². The average Bonchev–Trinajstić information content (AvgIpc) is 2.97. The molecule has 3 rings (SSSR count). The number of nitrogens with zero attached hydrogens (tertiary/aromatic N) is 2. The number of hydroxylamine groups is 2. The fourth-order valence-corrected chi connectivity index (χ4v) is 3.50. The number of fused-ring (bicyclic) bond motifs is 1. The highest BCUT2D eigenvalue weighted by Crippen LogP contribution is 2.35. The van der Waals surface area contributed by atoms with Gasteiger partial charge in [-0.1, -0.05) is 11.6 Å². The number of carbonyl (C=O) groups excluding carboxylic acids is 2. The Hall–Kier alpha value is -3.03. The summed E-state index contributed by atoms with van der Waals surface area (Å²) in [5.74, 6) is 0.326. The Morgan fingerprint density at radius 3 is 2.43 bits per heavy atom. The maximum absolute atomic E-state index is 13.2. The molecule has 1 aromatic heterocycles. The first-order valence-electron chi connectivity index (χ1n) is 8.53. The molecule has 0 saturated carbocycles. The van der Waals surface area contributed by atoms with Crippen LogP contribution in [0.1, 0.15) is 34.6 Å². The quantitative estimate of drug-likeness (QED) is 0.507. The van der Waals surface area contributed by atoms with Gasteiger partial charge < -0.3 is 10.5 Å². The molecule has 1 heterocycles. The fraction of sp³-hybridized carbons (Fsp3) is 0.200. The molecule has 3 N–H and O–H groups in total. The molecule has 1 atom stereocenters. The SMILES string of the molecule is COc1ccc2c(c1)c(C(C)N(O)C(N)=O)c(C)n2C(=O)c1ccc(Cl)cc1. The van der Waals surface area contributed by atoms with Gasteiger partial charge in [0.15, 0.2) is 0 Å². The number of hydrogen-bond acceptors (Lipinski definition) is 4. The number of halogens is 1. The second-order valence-corrected chi connectivity index (χ2v) is 6.82. The maximum atomic E-state index is 13.2. The lowest BCUT2D eigenvalue weighted by Crippen LogP contribution is -2.35. The molecule has 7 nitrogen and oxygen atoms in total. The Balaban J connectivity index is 2.26. The van der Waals surface area contributed by atoms with Crippen molar-refractivity contribution in [2.24, 2.45) is 5.73 Å². The number of urea groups is 1. The molecule has 2 amide bonds. The molecular weight excluding hydrogens is 382 g/mol. The molecule has 0 aliphatic carbocycles. The third-order valence-electron chi connectivity index (χ3n) is 4.76. The van der Waals surface area contributed by atoms with E-state index in [-0.39, 0.29) is 5.91 Å². The van der Waals surface area contributed by atoms with Crippen LogP contribution in [0.3, 0.4) is 0 Å². The number of rotatable bonds is 4. The Kier molecular flexibility index (Phi) is 5.31. The van der Waals surface area contributed by atoms with Crippen molar-refractivity contribution in [1.82, 2.24) is 9.63 Å². The lowest BCUT2D eigenvalue weighted by molar-refractivity contribution is -0.0707. The first-order valence-corrected chi connectivity index (χ1v) is 8.90. The zero-order valence-corrected chi connectivity index (χ0v) is 16.4. The maximum Gasteiger partial charge on any atom is 0.339 e. The molecule has 8 heteroatoms. The highest BCUT2D eigenvalue weighted by Gasteiger charge is 2.27. The summed E-state index contributed by atoms with van der Waals surface area (Å²) in [7, 11) is 1.54. The van der Waals surface area contributed by atoms with E-state index in [4.69, 9.17) is 22.1 Å². The Bertz CT molecular complexity index is 1060. The minimum atomic E-state index is -0.986. The minimum Gasteiger partial charge on any atom is -0.497 e. The van der Waals surface area contributed by atoms with E-state index in [2.05, 4.69) is 0 Å². The van der Waals surface area contributed by atoms with E-state index in [1.165, 1.54) is 7.11 Å². The summed E-state index contributed by atoms with van der Waals surface area (Å²) in [6, 6.07) is 10.1. The van der Waals surface area contributed by atoms with E-state index in [1.54, 1.807) is 60.9 Å². The van der Waals surface area contributed by atoms with Crippen LogP contribution in [0.25, 0.3) is 10.9 Å². The van der Waals surface area contributed by atoms with Crippen molar-refractivity contribution < 1.29 is 19.5 Å². The van der Waals surface area contributed by atoms with Gasteiger partial charge >= 0.3 is 6.03 Å². The molecule has 2 aromatic carbocycles. The van der Waals surface area contributed by atoms with Crippen molar-refractivity contribution in [1.29, 1.82) is 0 Å². The lowest BCUT2D eigenvalue weighted by atomic mass is 10.0. The molecule has 0 bridgehead atoms. The van der Waals surface area contributed by atoms with Crippen molar-refractivity contribution in [2.75, 3.05) is 7.11 Å². The molecule has 0 aliphatic rings. The molecule has 0 spiro atoms. The van der Waals surface area contributed by atoms with Gasteiger partial charge in [0.05, 0.1) is 18.7 Å². The lowest BCUT2D eigenvalue weighted by Gasteiger charge is -2.21. The van der Waals surface area contributed by atoms with Crippen molar-refractivity contribution in [2.45, 2.75) is 19.9 Å². The number of hydrogen-bond donors (Lipinski definition) is 2. The summed E-state index contributed by atoms with van der Waals surface area (Å²) in [6.07, 6.45) is 0. The highest BCUT2D eigenvalue weighted by molar-refractivity contribution is 6.30. The molecule has 0 aliphatic heterocycles. The number of primary amides is 1. The third kappa shape index (κ3) is 3.30. The van der Waals surface area contributed by atoms with Gasteiger partial charge in [-0.15, -0.1) is 0 Å². The van der Waals surface area contributed by atoms with Gasteiger partial charge in [-0.3, -0.25) is 14.6 Å². The summed E-state index contributed by atoms with van der Waals surface area (Å²) in [5, 5.41) is 11.7. The Labute approximate surface area is 166 Å². The zero-order valence-electron chi connectivity index (χ0n) is 15.6.